The van der Waals surface area contributed by atoms with E-state index in [1.165, 1.54) is 25.7 Å². The van der Waals surface area contributed by atoms with Crippen LogP contribution in [0.25, 0.3) is 0 Å². The first-order valence-corrected chi connectivity index (χ1v) is 5.86. The third-order valence-corrected chi connectivity index (χ3v) is 3.54. The minimum Gasteiger partial charge on any atom is -0.0885 e. The Morgan fingerprint density at radius 2 is 2.00 bits per heavy atom. The van der Waals surface area contributed by atoms with Crippen LogP contribution in [0.15, 0.2) is 36.5 Å². The van der Waals surface area contributed by atoms with Crippen LogP contribution < -0.4 is 0 Å². The highest BCUT2D eigenvalue weighted by Crippen LogP contribution is 2.31. The van der Waals surface area contributed by atoms with Crippen molar-refractivity contribution in [3.05, 3.63) is 36.5 Å². The summed E-state index contributed by atoms with van der Waals surface area (Å²) in [7, 11) is 0. The van der Waals surface area contributed by atoms with Gasteiger partial charge in [0.25, 0.3) is 0 Å². The lowest BCUT2D eigenvalue weighted by Gasteiger charge is -2.26. The first-order valence-electron chi connectivity index (χ1n) is 5.86. The summed E-state index contributed by atoms with van der Waals surface area (Å²) in [6.07, 6.45) is 19.2. The molecule has 2 aliphatic carbocycles. The zero-order chi connectivity index (χ0) is 9.80. The number of allylic oxidation sites excluding steroid dienone is 6. The summed E-state index contributed by atoms with van der Waals surface area (Å²) in [6, 6.07) is 0. The third-order valence-electron chi connectivity index (χ3n) is 3.54. The van der Waals surface area contributed by atoms with Crippen molar-refractivity contribution in [3.8, 4) is 0 Å². The maximum atomic E-state index is 2.39. The van der Waals surface area contributed by atoms with E-state index in [1.807, 2.05) is 0 Å². The van der Waals surface area contributed by atoms with Gasteiger partial charge in [0.2, 0.25) is 0 Å². The molecule has 0 aromatic heterocycles. The molecule has 0 heteroatoms. The smallest absolute Gasteiger partial charge is 0.0167 e. The predicted octanol–water partition coefficient (Wildman–Crippen LogP) is 4.11. The van der Waals surface area contributed by atoms with Crippen LogP contribution in [0.2, 0.25) is 0 Å². The molecular formula is C14H20. The Morgan fingerprint density at radius 1 is 1.14 bits per heavy atom. The summed E-state index contributed by atoms with van der Waals surface area (Å²) in [5.41, 5.74) is 0. The molecule has 2 rings (SSSR count). The maximum Gasteiger partial charge on any atom is -0.0167 e. The molecule has 0 bridgehead atoms. The molecule has 0 radical (unpaired) electrons. The van der Waals surface area contributed by atoms with Crippen LogP contribution in [0.5, 0.6) is 0 Å². The van der Waals surface area contributed by atoms with E-state index in [0.717, 1.165) is 17.8 Å². The molecule has 0 aliphatic heterocycles. The van der Waals surface area contributed by atoms with Gasteiger partial charge in [-0.2, -0.15) is 0 Å². The molecule has 0 nitrogen and oxygen atoms in total. The summed E-state index contributed by atoms with van der Waals surface area (Å²) < 4.78 is 0. The van der Waals surface area contributed by atoms with Crippen LogP contribution in [0.1, 0.15) is 32.6 Å². The summed E-state index contributed by atoms with van der Waals surface area (Å²) in [5, 5.41) is 0. The molecule has 3 atom stereocenters. The minimum atomic E-state index is 0.742. The first-order chi connectivity index (χ1) is 6.86. The predicted molar refractivity (Wildman–Crippen MR) is 62.0 cm³/mol. The molecule has 2 aliphatic rings. The lowest BCUT2D eigenvalue weighted by molar-refractivity contribution is 0.347. The van der Waals surface area contributed by atoms with Crippen molar-refractivity contribution >= 4 is 0 Å². The highest BCUT2D eigenvalue weighted by atomic mass is 14.2. The van der Waals surface area contributed by atoms with Crippen LogP contribution in [0.3, 0.4) is 0 Å². The Morgan fingerprint density at radius 3 is 2.71 bits per heavy atom. The fourth-order valence-electron chi connectivity index (χ4n) is 2.51. The Balaban J connectivity index is 1.87. The monoisotopic (exact) mass is 188 g/mol. The third kappa shape index (κ3) is 2.37. The molecule has 3 unspecified atom stereocenters. The van der Waals surface area contributed by atoms with Gasteiger partial charge in [-0.3, -0.25) is 0 Å². The fraction of sp³-hybridized carbons (Fsp3) is 0.571. The van der Waals surface area contributed by atoms with Crippen molar-refractivity contribution in [2.24, 2.45) is 17.8 Å². The second kappa shape index (κ2) is 4.63. The Kier molecular flexibility index (Phi) is 3.23. The van der Waals surface area contributed by atoms with Gasteiger partial charge in [0, 0.05) is 0 Å². The quantitative estimate of drug-likeness (QED) is 0.572. The Bertz CT molecular complexity index is 257. The van der Waals surface area contributed by atoms with Crippen molar-refractivity contribution in [1.29, 1.82) is 0 Å². The minimum absolute atomic E-state index is 0.742. The topological polar surface area (TPSA) is 0 Å². The number of hydrogen-bond acceptors (Lipinski definition) is 0. The number of hydrogen-bond donors (Lipinski definition) is 0. The van der Waals surface area contributed by atoms with Gasteiger partial charge in [0.1, 0.15) is 0 Å². The zero-order valence-electron chi connectivity index (χ0n) is 9.02. The van der Waals surface area contributed by atoms with Crippen molar-refractivity contribution in [3.63, 3.8) is 0 Å². The molecular weight excluding hydrogens is 168 g/mol. The average molecular weight is 188 g/mol. The van der Waals surface area contributed by atoms with E-state index in [0.29, 0.717) is 0 Å². The van der Waals surface area contributed by atoms with Crippen LogP contribution in [-0.2, 0) is 0 Å². The van der Waals surface area contributed by atoms with Crippen molar-refractivity contribution < 1.29 is 0 Å². The molecule has 0 aromatic rings. The maximum absolute atomic E-state index is 2.39. The van der Waals surface area contributed by atoms with E-state index in [9.17, 15) is 0 Å². The highest BCUT2D eigenvalue weighted by Gasteiger charge is 2.19. The van der Waals surface area contributed by atoms with E-state index < -0.39 is 0 Å². The summed E-state index contributed by atoms with van der Waals surface area (Å²) in [5.74, 6) is 2.46. The van der Waals surface area contributed by atoms with Crippen LogP contribution >= 0.6 is 0 Å². The van der Waals surface area contributed by atoms with E-state index in [4.69, 9.17) is 0 Å². The van der Waals surface area contributed by atoms with Gasteiger partial charge in [-0.05, 0) is 43.4 Å². The molecule has 0 N–H and O–H groups in total. The van der Waals surface area contributed by atoms with Gasteiger partial charge in [0.05, 0.1) is 0 Å². The molecule has 0 aromatic carbocycles. The molecule has 0 spiro atoms. The van der Waals surface area contributed by atoms with Gasteiger partial charge in [-0.15, -0.1) is 0 Å². The number of rotatable bonds is 2. The second-order valence-electron chi connectivity index (χ2n) is 4.68. The van der Waals surface area contributed by atoms with Crippen LogP contribution in [0, 0.1) is 17.8 Å². The summed E-state index contributed by atoms with van der Waals surface area (Å²) >= 11 is 0. The summed E-state index contributed by atoms with van der Waals surface area (Å²) in [4.78, 5) is 0. The zero-order valence-corrected chi connectivity index (χ0v) is 9.02. The van der Waals surface area contributed by atoms with E-state index in [2.05, 4.69) is 43.4 Å². The van der Waals surface area contributed by atoms with E-state index in [-0.39, 0.29) is 0 Å². The SMILES string of the molecule is CC1C=CC=CC1CC1CC=CCC1. The summed E-state index contributed by atoms with van der Waals surface area (Å²) in [6.45, 7) is 2.34. The van der Waals surface area contributed by atoms with Gasteiger partial charge >= 0.3 is 0 Å². The lowest BCUT2D eigenvalue weighted by Crippen LogP contribution is -2.15. The second-order valence-corrected chi connectivity index (χ2v) is 4.68. The van der Waals surface area contributed by atoms with Crippen molar-refractivity contribution in [2.75, 3.05) is 0 Å². The van der Waals surface area contributed by atoms with Crippen LogP contribution in [-0.4, -0.2) is 0 Å². The van der Waals surface area contributed by atoms with E-state index >= 15 is 0 Å². The Hall–Kier alpha value is -0.780. The molecule has 0 saturated heterocycles. The molecule has 0 fully saturated rings. The van der Waals surface area contributed by atoms with Gasteiger partial charge in [0.15, 0.2) is 0 Å². The largest absolute Gasteiger partial charge is 0.0885 e. The molecule has 14 heavy (non-hydrogen) atoms. The molecule has 0 amide bonds. The molecule has 0 saturated carbocycles. The average Bonchev–Trinajstić information content (AvgIpc) is 2.23. The standard InChI is InChI=1S/C14H20/c1-12-7-5-6-10-14(12)11-13-8-3-2-4-9-13/h2-3,5-7,10,12-14H,4,8-9,11H2,1H3. The fourth-order valence-corrected chi connectivity index (χ4v) is 2.51. The van der Waals surface area contributed by atoms with Crippen molar-refractivity contribution in [2.45, 2.75) is 32.6 Å². The lowest BCUT2D eigenvalue weighted by atomic mass is 9.79. The molecule has 76 valence electrons. The van der Waals surface area contributed by atoms with Gasteiger partial charge in [-0.25, -0.2) is 0 Å². The first kappa shape index (κ1) is 9.76. The van der Waals surface area contributed by atoms with Crippen LogP contribution in [0.4, 0.5) is 0 Å². The van der Waals surface area contributed by atoms with Crippen molar-refractivity contribution in [1.82, 2.24) is 0 Å². The van der Waals surface area contributed by atoms with Gasteiger partial charge < -0.3 is 0 Å². The van der Waals surface area contributed by atoms with Gasteiger partial charge in [-0.1, -0.05) is 43.4 Å². The normalized spacial score (nSPS) is 36.2. The molecule has 0 heterocycles. The highest BCUT2D eigenvalue weighted by molar-refractivity contribution is 5.13. The van der Waals surface area contributed by atoms with E-state index in [1.54, 1.807) is 0 Å². The Labute approximate surface area is 87.4 Å².